The molecule has 1 aliphatic heterocycles. The van der Waals surface area contributed by atoms with Crippen LogP contribution >= 0.6 is 0 Å². The van der Waals surface area contributed by atoms with Crippen molar-refractivity contribution in [3.05, 3.63) is 53.7 Å². The number of nitrogens with one attached hydrogen (secondary N) is 4. The van der Waals surface area contributed by atoms with E-state index in [-0.39, 0.29) is 49.2 Å². The molecular weight excluding hydrogens is 576 g/mol. The molecule has 0 aliphatic carbocycles. The SMILES string of the molecule is COc1ccc2c(c1)C[C@H](C(=O)NCC(=O)N(CC(=O)NCCCCCCNC(=O)c1ccc3[nH]ncc3c1)CC(C)C)CO2. The van der Waals surface area contributed by atoms with Gasteiger partial charge in [0.25, 0.3) is 5.91 Å². The highest BCUT2D eigenvalue weighted by Crippen LogP contribution is 2.30. The first kappa shape index (κ1) is 33.3. The summed E-state index contributed by atoms with van der Waals surface area (Å²) in [6, 6.07) is 10.9. The van der Waals surface area contributed by atoms with Crippen molar-refractivity contribution < 1.29 is 28.7 Å². The summed E-state index contributed by atoms with van der Waals surface area (Å²) in [7, 11) is 1.59. The molecule has 1 aliphatic rings. The number of rotatable bonds is 16. The summed E-state index contributed by atoms with van der Waals surface area (Å²) in [6.45, 7) is 5.42. The highest BCUT2D eigenvalue weighted by Gasteiger charge is 2.27. The van der Waals surface area contributed by atoms with Crippen molar-refractivity contribution in [2.24, 2.45) is 11.8 Å². The van der Waals surface area contributed by atoms with Gasteiger partial charge in [-0.05, 0) is 67.1 Å². The summed E-state index contributed by atoms with van der Waals surface area (Å²) in [5.41, 5.74) is 2.38. The highest BCUT2D eigenvalue weighted by atomic mass is 16.5. The molecule has 1 aromatic heterocycles. The predicted molar refractivity (Wildman–Crippen MR) is 170 cm³/mol. The Labute approximate surface area is 263 Å². The van der Waals surface area contributed by atoms with Crippen LogP contribution in [0.4, 0.5) is 0 Å². The van der Waals surface area contributed by atoms with Crippen molar-refractivity contribution in [2.75, 3.05) is 46.4 Å². The molecule has 0 unspecified atom stereocenters. The molecule has 0 bridgehead atoms. The van der Waals surface area contributed by atoms with Gasteiger partial charge in [0.1, 0.15) is 18.1 Å². The number of unbranched alkanes of at least 4 members (excludes halogenated alkanes) is 3. The molecule has 0 saturated carbocycles. The second-order valence-corrected chi connectivity index (χ2v) is 11.8. The standard InChI is InChI=1S/C33H44N6O6/c1-22(2)19-39(31(41)18-36-33(43)26-15-24-16-27(44-3)9-11-29(24)45-21-26)20-30(40)34-12-6-4-5-7-13-35-32(42)23-8-10-28-25(14-23)17-37-38-28/h8-11,14,16-17,22,26H,4-7,12-13,15,18-21H2,1-3H3,(H,34,40)(H,35,42)(H,36,43)(H,37,38)/t26-/m0/s1. The normalized spacial score (nSPS) is 13.9. The maximum absolute atomic E-state index is 13.0. The number of carbonyl (C=O) groups is 4. The number of nitrogens with zero attached hydrogens (tertiary/aromatic N) is 2. The number of aromatic amines is 1. The second kappa shape index (κ2) is 16.5. The first-order valence-electron chi connectivity index (χ1n) is 15.6. The lowest BCUT2D eigenvalue weighted by molar-refractivity contribution is -0.137. The minimum atomic E-state index is -0.423. The van der Waals surface area contributed by atoms with E-state index in [1.165, 1.54) is 4.90 Å². The monoisotopic (exact) mass is 620 g/mol. The molecule has 4 rings (SSSR count). The quantitative estimate of drug-likeness (QED) is 0.180. The fraction of sp³-hybridized carbons (Fsp3) is 0.485. The lowest BCUT2D eigenvalue weighted by Crippen LogP contribution is -2.48. The average Bonchev–Trinajstić information content (AvgIpc) is 3.51. The van der Waals surface area contributed by atoms with E-state index < -0.39 is 5.92 Å². The van der Waals surface area contributed by atoms with Gasteiger partial charge >= 0.3 is 0 Å². The number of hydrogen-bond acceptors (Lipinski definition) is 7. The fourth-order valence-corrected chi connectivity index (χ4v) is 5.23. The zero-order chi connectivity index (χ0) is 32.2. The molecule has 12 heteroatoms. The van der Waals surface area contributed by atoms with Crippen LogP contribution in [0.2, 0.25) is 0 Å². The van der Waals surface area contributed by atoms with Crippen LogP contribution in [-0.4, -0.2) is 85.2 Å². The van der Waals surface area contributed by atoms with Crippen molar-refractivity contribution in [2.45, 2.75) is 46.0 Å². The van der Waals surface area contributed by atoms with E-state index in [1.54, 1.807) is 19.4 Å². The van der Waals surface area contributed by atoms with E-state index in [2.05, 4.69) is 26.1 Å². The number of hydrogen-bond donors (Lipinski definition) is 4. The Hall–Kier alpha value is -4.61. The molecule has 0 saturated heterocycles. The summed E-state index contributed by atoms with van der Waals surface area (Å²) < 4.78 is 11.0. The van der Waals surface area contributed by atoms with E-state index in [0.29, 0.717) is 37.4 Å². The summed E-state index contributed by atoms with van der Waals surface area (Å²) in [5.74, 6) is 0.243. The molecule has 2 aromatic carbocycles. The molecule has 1 atom stereocenters. The minimum Gasteiger partial charge on any atom is -0.497 e. The van der Waals surface area contributed by atoms with Gasteiger partial charge in [-0.1, -0.05) is 26.7 Å². The average molecular weight is 621 g/mol. The summed E-state index contributed by atoms with van der Waals surface area (Å²) >= 11 is 0. The van der Waals surface area contributed by atoms with Gasteiger partial charge in [0, 0.05) is 30.6 Å². The number of ether oxygens (including phenoxy) is 2. The maximum atomic E-state index is 13.0. The third kappa shape index (κ3) is 9.95. The minimum absolute atomic E-state index is 0.0662. The van der Waals surface area contributed by atoms with Crippen molar-refractivity contribution in [1.82, 2.24) is 31.0 Å². The number of H-pyrrole nitrogens is 1. The summed E-state index contributed by atoms with van der Waals surface area (Å²) in [4.78, 5) is 52.3. The molecule has 0 radical (unpaired) electrons. The van der Waals surface area contributed by atoms with E-state index in [0.717, 1.165) is 47.9 Å². The Kier molecular flexibility index (Phi) is 12.2. The van der Waals surface area contributed by atoms with Crippen LogP contribution < -0.4 is 25.4 Å². The molecule has 242 valence electrons. The van der Waals surface area contributed by atoms with E-state index >= 15 is 0 Å². The van der Waals surface area contributed by atoms with Crippen LogP contribution in [0.1, 0.15) is 55.5 Å². The van der Waals surface area contributed by atoms with E-state index in [9.17, 15) is 19.2 Å². The third-order valence-corrected chi connectivity index (χ3v) is 7.65. The predicted octanol–water partition coefficient (Wildman–Crippen LogP) is 2.83. The Morgan fingerprint density at radius 3 is 2.56 bits per heavy atom. The van der Waals surface area contributed by atoms with Crippen LogP contribution in [0.25, 0.3) is 10.9 Å². The van der Waals surface area contributed by atoms with Crippen molar-refractivity contribution in [3.63, 3.8) is 0 Å². The summed E-state index contributed by atoms with van der Waals surface area (Å²) in [6.07, 6.45) is 5.63. The van der Waals surface area contributed by atoms with Gasteiger partial charge in [-0.25, -0.2) is 0 Å². The van der Waals surface area contributed by atoms with Gasteiger partial charge in [0.05, 0.1) is 37.8 Å². The number of benzene rings is 2. The summed E-state index contributed by atoms with van der Waals surface area (Å²) in [5, 5.41) is 16.3. The molecule has 0 spiro atoms. The van der Waals surface area contributed by atoms with E-state index in [1.807, 2.05) is 44.2 Å². The number of carbonyl (C=O) groups excluding carboxylic acids is 4. The Morgan fingerprint density at radius 2 is 1.80 bits per heavy atom. The van der Waals surface area contributed by atoms with Gasteiger partial charge in [0.15, 0.2) is 0 Å². The zero-order valence-corrected chi connectivity index (χ0v) is 26.3. The number of fused-ring (bicyclic) bond motifs is 2. The first-order valence-corrected chi connectivity index (χ1v) is 15.6. The molecular formula is C33H44N6O6. The first-order chi connectivity index (χ1) is 21.7. The van der Waals surface area contributed by atoms with Gasteiger partial charge in [0.2, 0.25) is 17.7 Å². The number of amides is 4. The second-order valence-electron chi connectivity index (χ2n) is 11.8. The van der Waals surface area contributed by atoms with E-state index in [4.69, 9.17) is 9.47 Å². The third-order valence-electron chi connectivity index (χ3n) is 7.65. The smallest absolute Gasteiger partial charge is 0.251 e. The molecule has 2 heterocycles. The van der Waals surface area contributed by atoms with Crippen LogP contribution in [0.3, 0.4) is 0 Å². The van der Waals surface area contributed by atoms with Gasteiger partial charge in [-0.2, -0.15) is 5.10 Å². The van der Waals surface area contributed by atoms with Crippen LogP contribution in [0, 0.1) is 11.8 Å². The lowest BCUT2D eigenvalue weighted by Gasteiger charge is -2.26. The van der Waals surface area contributed by atoms with Crippen molar-refractivity contribution in [1.29, 1.82) is 0 Å². The Morgan fingerprint density at radius 1 is 1.02 bits per heavy atom. The topological polar surface area (TPSA) is 155 Å². The van der Waals surface area contributed by atoms with Gasteiger partial charge in [-0.15, -0.1) is 0 Å². The maximum Gasteiger partial charge on any atom is 0.251 e. The number of methoxy groups -OCH3 is 1. The fourth-order valence-electron chi connectivity index (χ4n) is 5.23. The Balaban J connectivity index is 1.10. The zero-order valence-electron chi connectivity index (χ0n) is 26.3. The molecule has 4 N–H and O–H groups in total. The van der Waals surface area contributed by atoms with Gasteiger partial charge in [-0.3, -0.25) is 24.3 Å². The molecule has 12 nitrogen and oxygen atoms in total. The van der Waals surface area contributed by atoms with Crippen molar-refractivity contribution in [3.8, 4) is 11.5 Å². The van der Waals surface area contributed by atoms with Crippen molar-refractivity contribution >= 4 is 34.5 Å². The molecule has 0 fully saturated rings. The van der Waals surface area contributed by atoms with Crippen LogP contribution in [-0.2, 0) is 20.8 Å². The lowest BCUT2D eigenvalue weighted by atomic mass is 9.96. The van der Waals surface area contributed by atoms with Crippen LogP contribution in [0.5, 0.6) is 11.5 Å². The highest BCUT2D eigenvalue weighted by molar-refractivity contribution is 5.97. The Bertz CT molecular complexity index is 1470. The largest absolute Gasteiger partial charge is 0.497 e. The number of aromatic nitrogens is 2. The van der Waals surface area contributed by atoms with Gasteiger partial charge < -0.3 is 30.3 Å². The molecule has 4 amide bonds. The van der Waals surface area contributed by atoms with Crippen LogP contribution in [0.15, 0.2) is 42.6 Å². The molecule has 45 heavy (non-hydrogen) atoms. The molecule has 3 aromatic rings.